The van der Waals surface area contributed by atoms with Crippen LogP contribution in [-0.4, -0.2) is 28.3 Å². The molecule has 0 atom stereocenters. The van der Waals surface area contributed by atoms with E-state index >= 15 is 0 Å². The minimum Gasteiger partial charge on any atom is -0.350 e. The number of amides is 1. The highest BCUT2D eigenvalue weighted by atomic mass is 79.9. The molecule has 1 amide bonds. The lowest BCUT2D eigenvalue weighted by Crippen LogP contribution is -2.49. The third kappa shape index (κ3) is 4.82. The van der Waals surface area contributed by atoms with E-state index in [2.05, 4.69) is 35.1 Å². The minimum absolute atomic E-state index is 0.0412. The van der Waals surface area contributed by atoms with Crippen molar-refractivity contribution in [3.63, 3.8) is 0 Å². The predicted octanol–water partition coefficient (Wildman–Crippen LogP) is 3.59. The smallest absolute Gasteiger partial charge is 0.220 e. The zero-order valence-electron chi connectivity index (χ0n) is 10.9. The van der Waals surface area contributed by atoms with Gasteiger partial charge in [0.25, 0.3) is 0 Å². The van der Waals surface area contributed by atoms with Gasteiger partial charge in [-0.25, -0.2) is 0 Å². The molecule has 0 bridgehead atoms. The average Bonchev–Trinajstić information content (AvgIpc) is 2.37. The van der Waals surface area contributed by atoms with Crippen molar-refractivity contribution in [2.75, 3.05) is 16.8 Å². The largest absolute Gasteiger partial charge is 0.350 e. The molecular weight excluding hydrogens is 298 g/mol. The van der Waals surface area contributed by atoms with Gasteiger partial charge in [0.15, 0.2) is 0 Å². The molecule has 1 saturated heterocycles. The van der Waals surface area contributed by atoms with Gasteiger partial charge in [-0.3, -0.25) is 4.79 Å². The van der Waals surface area contributed by atoms with Crippen LogP contribution in [-0.2, 0) is 4.79 Å². The van der Waals surface area contributed by atoms with Gasteiger partial charge in [-0.2, -0.15) is 11.8 Å². The summed E-state index contributed by atoms with van der Waals surface area (Å²) in [5, 5.41) is 4.08. The topological polar surface area (TPSA) is 29.1 Å². The molecule has 0 saturated carbocycles. The zero-order valence-corrected chi connectivity index (χ0v) is 13.3. The number of hydrogen-bond acceptors (Lipinski definition) is 2. The molecule has 1 fully saturated rings. The van der Waals surface area contributed by atoms with Crippen molar-refractivity contribution in [1.29, 1.82) is 0 Å². The van der Waals surface area contributed by atoms with Crippen molar-refractivity contribution in [2.24, 2.45) is 5.92 Å². The molecule has 17 heavy (non-hydrogen) atoms. The highest BCUT2D eigenvalue weighted by molar-refractivity contribution is 9.09. The van der Waals surface area contributed by atoms with Crippen LogP contribution >= 0.6 is 27.7 Å². The Labute approximate surface area is 118 Å². The molecular formula is C13H24BrNOS. The average molecular weight is 322 g/mol. The van der Waals surface area contributed by atoms with Crippen LogP contribution < -0.4 is 5.32 Å². The van der Waals surface area contributed by atoms with Gasteiger partial charge in [-0.15, -0.1) is 0 Å². The van der Waals surface area contributed by atoms with Crippen LogP contribution in [0.3, 0.4) is 0 Å². The number of carbonyl (C=O) groups excluding carboxylic acids is 1. The number of carbonyl (C=O) groups is 1. The molecule has 0 unspecified atom stereocenters. The summed E-state index contributed by atoms with van der Waals surface area (Å²) < 4.78 is 0. The van der Waals surface area contributed by atoms with Crippen molar-refractivity contribution < 1.29 is 4.79 Å². The maximum atomic E-state index is 12.1. The Morgan fingerprint density at radius 2 is 1.94 bits per heavy atom. The Balaban J connectivity index is 2.41. The van der Waals surface area contributed by atoms with Crippen molar-refractivity contribution in [3.05, 3.63) is 0 Å². The summed E-state index contributed by atoms with van der Waals surface area (Å²) in [5.41, 5.74) is -0.0412. The van der Waals surface area contributed by atoms with Crippen LogP contribution in [0, 0.1) is 5.92 Å². The van der Waals surface area contributed by atoms with Crippen molar-refractivity contribution >= 4 is 33.6 Å². The van der Waals surface area contributed by atoms with Gasteiger partial charge in [0.05, 0.1) is 0 Å². The van der Waals surface area contributed by atoms with Crippen LogP contribution in [0.4, 0.5) is 0 Å². The van der Waals surface area contributed by atoms with Crippen LogP contribution in [0.5, 0.6) is 0 Å². The zero-order chi connectivity index (χ0) is 12.7. The molecule has 0 spiro atoms. The summed E-state index contributed by atoms with van der Waals surface area (Å²) in [6.07, 6.45) is 5.10. The lowest BCUT2D eigenvalue weighted by Gasteiger charge is -2.32. The van der Waals surface area contributed by atoms with E-state index in [1.54, 1.807) is 0 Å². The van der Waals surface area contributed by atoms with E-state index in [-0.39, 0.29) is 11.4 Å². The van der Waals surface area contributed by atoms with E-state index < -0.39 is 0 Å². The number of thioether (sulfide) groups is 1. The Morgan fingerprint density at radius 3 is 2.41 bits per heavy atom. The van der Waals surface area contributed by atoms with E-state index in [1.807, 2.05) is 11.8 Å². The highest BCUT2D eigenvalue weighted by Crippen LogP contribution is 2.26. The van der Waals surface area contributed by atoms with Crippen molar-refractivity contribution in [3.8, 4) is 0 Å². The maximum Gasteiger partial charge on any atom is 0.220 e. The van der Waals surface area contributed by atoms with Gasteiger partial charge in [0.1, 0.15) is 0 Å². The van der Waals surface area contributed by atoms with Gasteiger partial charge in [-0.05, 0) is 43.1 Å². The Morgan fingerprint density at radius 1 is 1.35 bits per heavy atom. The maximum absolute atomic E-state index is 12.1. The van der Waals surface area contributed by atoms with E-state index in [9.17, 15) is 4.79 Å². The molecule has 1 aliphatic rings. The van der Waals surface area contributed by atoms with Crippen LogP contribution in [0.1, 0.15) is 46.0 Å². The number of alkyl halides is 1. The Kier molecular flexibility index (Phi) is 6.93. The van der Waals surface area contributed by atoms with Crippen molar-refractivity contribution in [1.82, 2.24) is 5.32 Å². The molecule has 1 aliphatic heterocycles. The van der Waals surface area contributed by atoms with Gasteiger partial charge in [0, 0.05) is 17.3 Å². The summed E-state index contributed by atoms with van der Waals surface area (Å²) in [5.74, 6) is 3.30. The normalized spacial score (nSPS) is 18.1. The summed E-state index contributed by atoms with van der Waals surface area (Å²) in [6, 6.07) is 0. The van der Waals surface area contributed by atoms with Crippen LogP contribution in [0.15, 0.2) is 0 Å². The summed E-state index contributed by atoms with van der Waals surface area (Å²) in [7, 11) is 0. The molecule has 1 rings (SSSR count). The number of halogens is 1. The summed E-state index contributed by atoms with van der Waals surface area (Å²) in [6.45, 7) is 4.28. The summed E-state index contributed by atoms with van der Waals surface area (Å²) >= 11 is 5.54. The molecule has 1 N–H and O–H groups in total. The van der Waals surface area contributed by atoms with E-state index in [0.717, 1.165) is 24.6 Å². The Hall–Kier alpha value is 0.300. The molecule has 2 nitrogen and oxygen atoms in total. The minimum atomic E-state index is -0.0412. The molecule has 100 valence electrons. The first-order chi connectivity index (χ1) is 8.15. The highest BCUT2D eigenvalue weighted by Gasteiger charge is 2.27. The number of hydrogen-bond donors (Lipinski definition) is 1. The standard InChI is InChI=1S/C13H24BrNOS/c1-3-13(4-2,10-14)15-12(16)9-11-5-7-17-8-6-11/h11H,3-10H2,1-2H3,(H,15,16). The molecule has 0 radical (unpaired) electrons. The third-order valence-electron chi connectivity index (χ3n) is 3.83. The first-order valence-electron chi connectivity index (χ1n) is 6.60. The number of nitrogens with one attached hydrogen (secondary N) is 1. The molecule has 0 aliphatic carbocycles. The predicted molar refractivity (Wildman–Crippen MR) is 79.9 cm³/mol. The summed E-state index contributed by atoms with van der Waals surface area (Å²) in [4.78, 5) is 12.1. The lowest BCUT2D eigenvalue weighted by molar-refractivity contribution is -0.123. The number of rotatable bonds is 6. The lowest BCUT2D eigenvalue weighted by atomic mass is 9.93. The van der Waals surface area contributed by atoms with Gasteiger partial charge >= 0.3 is 0 Å². The van der Waals surface area contributed by atoms with E-state index in [0.29, 0.717) is 5.92 Å². The quantitative estimate of drug-likeness (QED) is 0.757. The van der Waals surface area contributed by atoms with Crippen molar-refractivity contribution in [2.45, 2.75) is 51.5 Å². The van der Waals surface area contributed by atoms with E-state index in [4.69, 9.17) is 0 Å². The van der Waals surface area contributed by atoms with Gasteiger partial charge in [-0.1, -0.05) is 29.8 Å². The second-order valence-electron chi connectivity index (χ2n) is 4.93. The van der Waals surface area contributed by atoms with Crippen LogP contribution in [0.2, 0.25) is 0 Å². The second kappa shape index (κ2) is 7.67. The Bertz CT molecular complexity index is 229. The second-order valence-corrected chi connectivity index (χ2v) is 6.71. The molecule has 0 aromatic heterocycles. The first-order valence-corrected chi connectivity index (χ1v) is 8.88. The fraction of sp³-hybridized carbons (Fsp3) is 0.923. The van der Waals surface area contributed by atoms with Gasteiger partial charge < -0.3 is 5.32 Å². The third-order valence-corrected chi connectivity index (χ3v) is 5.95. The fourth-order valence-electron chi connectivity index (χ4n) is 2.21. The SMILES string of the molecule is CCC(CC)(CBr)NC(=O)CC1CCSCC1. The first kappa shape index (κ1) is 15.4. The monoisotopic (exact) mass is 321 g/mol. The van der Waals surface area contributed by atoms with E-state index in [1.165, 1.54) is 24.3 Å². The molecule has 0 aromatic rings. The molecule has 0 aromatic carbocycles. The fourth-order valence-corrected chi connectivity index (χ4v) is 4.35. The van der Waals surface area contributed by atoms with Crippen LogP contribution in [0.25, 0.3) is 0 Å². The molecule has 1 heterocycles. The molecule has 4 heteroatoms. The van der Waals surface area contributed by atoms with Gasteiger partial charge in [0.2, 0.25) is 5.91 Å².